The Morgan fingerprint density at radius 3 is 2.79 bits per heavy atom. The molecule has 4 aliphatic heterocycles. The van der Waals surface area contributed by atoms with Gasteiger partial charge in [-0.05, 0) is 43.2 Å². The summed E-state index contributed by atoms with van der Waals surface area (Å²) in [5.41, 5.74) is 1.02. The van der Waals surface area contributed by atoms with E-state index in [2.05, 4.69) is 14.8 Å². The van der Waals surface area contributed by atoms with Crippen molar-refractivity contribution in [2.75, 3.05) is 32.8 Å². The van der Waals surface area contributed by atoms with Crippen molar-refractivity contribution in [1.29, 1.82) is 0 Å². The van der Waals surface area contributed by atoms with Crippen molar-refractivity contribution in [2.24, 2.45) is 5.92 Å². The zero-order valence-electron chi connectivity index (χ0n) is 14.3. The first-order valence-corrected chi connectivity index (χ1v) is 9.30. The highest BCUT2D eigenvalue weighted by Crippen LogP contribution is 2.31. The Morgan fingerprint density at radius 2 is 2.00 bits per heavy atom. The van der Waals surface area contributed by atoms with Crippen molar-refractivity contribution in [3.05, 3.63) is 30.1 Å². The number of pyridine rings is 1. The predicted octanol–water partition coefficient (Wildman–Crippen LogP) is 1.73. The number of carbonyl (C=O) groups excluding carboxylic acids is 1. The normalized spacial score (nSPS) is 28.8. The Balaban J connectivity index is 1.43. The van der Waals surface area contributed by atoms with Crippen LogP contribution in [-0.4, -0.2) is 65.6 Å². The van der Waals surface area contributed by atoms with E-state index in [0.717, 1.165) is 57.7 Å². The van der Waals surface area contributed by atoms with Gasteiger partial charge in [0.1, 0.15) is 0 Å². The number of piperidine rings is 1. The Hall–Kier alpha value is -1.46. The smallest absolute Gasteiger partial charge is 0.227 e. The van der Waals surface area contributed by atoms with Gasteiger partial charge < -0.3 is 9.64 Å². The summed E-state index contributed by atoms with van der Waals surface area (Å²) in [6.45, 7) is 4.90. The van der Waals surface area contributed by atoms with Gasteiger partial charge in [0.15, 0.2) is 0 Å². The molecule has 4 aliphatic rings. The van der Waals surface area contributed by atoms with Crippen LogP contribution in [0.15, 0.2) is 24.5 Å². The van der Waals surface area contributed by atoms with E-state index < -0.39 is 0 Å². The second-order valence-corrected chi connectivity index (χ2v) is 7.48. The summed E-state index contributed by atoms with van der Waals surface area (Å²) in [6, 6.07) is 4.94. The van der Waals surface area contributed by atoms with E-state index in [9.17, 15) is 4.79 Å². The van der Waals surface area contributed by atoms with Crippen molar-refractivity contribution >= 4 is 5.91 Å². The second-order valence-electron chi connectivity index (χ2n) is 7.48. The SMILES string of the molecule is O=C(Cc1cccnc1)N1C[C@H]2CC[C@@H]1CN(C1CCOCC1)C2. The van der Waals surface area contributed by atoms with E-state index >= 15 is 0 Å². The van der Waals surface area contributed by atoms with Crippen molar-refractivity contribution < 1.29 is 9.53 Å². The molecule has 4 fully saturated rings. The number of aromatic nitrogens is 1. The van der Waals surface area contributed by atoms with Crippen LogP contribution in [0.4, 0.5) is 0 Å². The van der Waals surface area contributed by atoms with Crippen molar-refractivity contribution in [1.82, 2.24) is 14.8 Å². The van der Waals surface area contributed by atoms with Crippen LogP contribution >= 0.6 is 0 Å². The van der Waals surface area contributed by atoms with Gasteiger partial charge in [0.05, 0.1) is 6.42 Å². The molecule has 1 aromatic heterocycles. The fourth-order valence-electron chi connectivity index (χ4n) is 4.55. The first-order chi connectivity index (χ1) is 11.8. The molecule has 1 aromatic rings. The molecule has 130 valence electrons. The average molecular weight is 329 g/mol. The first kappa shape index (κ1) is 16.0. The minimum Gasteiger partial charge on any atom is -0.381 e. The number of nitrogens with zero attached hydrogens (tertiary/aromatic N) is 3. The Morgan fingerprint density at radius 1 is 1.12 bits per heavy atom. The zero-order valence-corrected chi connectivity index (χ0v) is 14.3. The maximum atomic E-state index is 12.9. The third kappa shape index (κ3) is 3.47. The van der Waals surface area contributed by atoms with Gasteiger partial charge in [-0.3, -0.25) is 14.7 Å². The monoisotopic (exact) mass is 329 g/mol. The summed E-state index contributed by atoms with van der Waals surface area (Å²) in [7, 11) is 0. The van der Waals surface area contributed by atoms with Gasteiger partial charge in [0, 0.05) is 57.3 Å². The van der Waals surface area contributed by atoms with Crippen LogP contribution in [0.3, 0.4) is 0 Å². The molecule has 5 heteroatoms. The second kappa shape index (κ2) is 7.19. The van der Waals surface area contributed by atoms with Crippen LogP contribution in [0.25, 0.3) is 0 Å². The number of hydrogen-bond acceptors (Lipinski definition) is 4. The van der Waals surface area contributed by atoms with Crippen LogP contribution in [-0.2, 0) is 16.0 Å². The molecule has 0 saturated carbocycles. The molecule has 0 aliphatic carbocycles. The molecule has 0 radical (unpaired) electrons. The molecular weight excluding hydrogens is 302 g/mol. The fraction of sp³-hybridized carbons (Fsp3) is 0.684. The van der Waals surface area contributed by atoms with E-state index in [-0.39, 0.29) is 5.91 Å². The number of rotatable bonds is 3. The molecule has 2 atom stereocenters. The van der Waals surface area contributed by atoms with Gasteiger partial charge in [-0.15, -0.1) is 0 Å². The van der Waals surface area contributed by atoms with Gasteiger partial charge in [0.25, 0.3) is 0 Å². The molecule has 0 aromatic carbocycles. The van der Waals surface area contributed by atoms with Crippen molar-refractivity contribution in [3.8, 4) is 0 Å². The van der Waals surface area contributed by atoms with Crippen LogP contribution in [0, 0.1) is 5.92 Å². The maximum Gasteiger partial charge on any atom is 0.227 e. The number of fused-ring (bicyclic) bond motifs is 4. The lowest BCUT2D eigenvalue weighted by Crippen LogP contribution is -2.49. The zero-order chi connectivity index (χ0) is 16.4. The number of amides is 1. The van der Waals surface area contributed by atoms with E-state index in [1.54, 1.807) is 6.20 Å². The maximum absolute atomic E-state index is 12.9. The van der Waals surface area contributed by atoms with Gasteiger partial charge in [-0.1, -0.05) is 6.07 Å². The third-order valence-electron chi connectivity index (χ3n) is 5.85. The minimum atomic E-state index is 0.270. The molecule has 0 N–H and O–H groups in total. The third-order valence-corrected chi connectivity index (χ3v) is 5.85. The van der Waals surface area contributed by atoms with Gasteiger partial charge >= 0.3 is 0 Å². The van der Waals surface area contributed by atoms with E-state index in [1.165, 1.54) is 6.42 Å². The molecule has 2 bridgehead atoms. The topological polar surface area (TPSA) is 45.7 Å². The predicted molar refractivity (Wildman–Crippen MR) is 91.6 cm³/mol. The Kier molecular flexibility index (Phi) is 4.81. The van der Waals surface area contributed by atoms with Gasteiger partial charge in [-0.25, -0.2) is 0 Å². The highest BCUT2D eigenvalue weighted by atomic mass is 16.5. The number of carbonyl (C=O) groups is 1. The molecule has 5 heterocycles. The Labute approximate surface area is 144 Å². The largest absolute Gasteiger partial charge is 0.381 e. The van der Waals surface area contributed by atoms with E-state index in [1.807, 2.05) is 18.3 Å². The molecule has 5 rings (SSSR count). The minimum absolute atomic E-state index is 0.270. The molecular formula is C19H27N3O2. The molecule has 1 amide bonds. The standard InChI is InChI=1S/C19H27N3O2/c23-19(10-15-2-1-7-20-11-15)22-13-16-3-4-18(22)14-21(12-16)17-5-8-24-9-6-17/h1-2,7,11,16-18H,3-6,8-10,12-14H2/t16-,18+/m0/s1. The quantitative estimate of drug-likeness (QED) is 0.847. The lowest BCUT2D eigenvalue weighted by molar-refractivity contribution is -0.134. The van der Waals surface area contributed by atoms with Crippen LogP contribution < -0.4 is 0 Å². The summed E-state index contributed by atoms with van der Waals surface area (Å²) in [5, 5.41) is 0. The highest BCUT2D eigenvalue weighted by Gasteiger charge is 2.39. The van der Waals surface area contributed by atoms with Crippen molar-refractivity contribution in [3.63, 3.8) is 0 Å². The first-order valence-electron chi connectivity index (χ1n) is 9.30. The summed E-state index contributed by atoms with van der Waals surface area (Å²) < 4.78 is 5.52. The van der Waals surface area contributed by atoms with E-state index in [4.69, 9.17) is 4.74 Å². The lowest BCUT2D eigenvalue weighted by Gasteiger charge is -2.37. The number of ether oxygens (including phenoxy) is 1. The van der Waals surface area contributed by atoms with Crippen LogP contribution in [0.5, 0.6) is 0 Å². The fourth-order valence-corrected chi connectivity index (χ4v) is 4.55. The Bertz CT molecular complexity index is 559. The van der Waals surface area contributed by atoms with Gasteiger partial charge in [-0.2, -0.15) is 0 Å². The van der Waals surface area contributed by atoms with Gasteiger partial charge in [0.2, 0.25) is 5.91 Å². The molecule has 0 unspecified atom stereocenters. The lowest BCUT2D eigenvalue weighted by atomic mass is 9.94. The number of hydrogen-bond donors (Lipinski definition) is 0. The molecule has 24 heavy (non-hydrogen) atoms. The summed E-state index contributed by atoms with van der Waals surface area (Å²) in [4.78, 5) is 21.8. The highest BCUT2D eigenvalue weighted by molar-refractivity contribution is 5.79. The van der Waals surface area contributed by atoms with E-state index in [0.29, 0.717) is 24.4 Å². The summed E-state index contributed by atoms with van der Waals surface area (Å²) in [5.74, 6) is 0.899. The van der Waals surface area contributed by atoms with Crippen LogP contribution in [0.1, 0.15) is 31.2 Å². The van der Waals surface area contributed by atoms with Crippen LogP contribution in [0.2, 0.25) is 0 Å². The average Bonchev–Trinajstić information content (AvgIpc) is 2.95. The molecule has 0 spiro atoms. The van der Waals surface area contributed by atoms with Crippen molar-refractivity contribution in [2.45, 2.75) is 44.2 Å². The summed E-state index contributed by atoms with van der Waals surface area (Å²) in [6.07, 6.45) is 8.75. The molecule has 4 saturated heterocycles. The summed E-state index contributed by atoms with van der Waals surface area (Å²) >= 11 is 0. The molecule has 5 nitrogen and oxygen atoms in total.